The molecule has 36 heavy (non-hydrogen) atoms. The van der Waals surface area contributed by atoms with Crippen molar-refractivity contribution < 1.29 is 28.3 Å². The summed E-state index contributed by atoms with van der Waals surface area (Å²) in [5.74, 6) is -1.90. The fourth-order valence-electron chi connectivity index (χ4n) is 4.99. The van der Waals surface area contributed by atoms with Crippen LogP contribution in [0.25, 0.3) is 0 Å². The summed E-state index contributed by atoms with van der Waals surface area (Å²) in [7, 11) is 1.47. The van der Waals surface area contributed by atoms with Crippen molar-refractivity contribution in [3.8, 4) is 0 Å². The van der Waals surface area contributed by atoms with Crippen molar-refractivity contribution in [1.82, 2.24) is 9.80 Å². The predicted octanol–water partition coefficient (Wildman–Crippen LogP) is 2.41. The highest BCUT2D eigenvalue weighted by Crippen LogP contribution is 2.41. The Morgan fingerprint density at radius 1 is 1.00 bits per heavy atom. The number of carbonyl (C=O) groups excluding carboxylic acids is 4. The van der Waals surface area contributed by atoms with Gasteiger partial charge in [-0.1, -0.05) is 18.2 Å². The molecule has 4 rings (SSSR count). The van der Waals surface area contributed by atoms with Crippen LogP contribution in [0.15, 0.2) is 48.5 Å². The van der Waals surface area contributed by atoms with Crippen LogP contribution in [-0.4, -0.2) is 79.7 Å². The first-order valence-electron chi connectivity index (χ1n) is 12.0. The molecule has 0 bridgehead atoms. The number of methoxy groups -OCH3 is 1. The SMILES string of the molecule is COCCN1C(=O)CC(CC(=O)N2CCN(c3ccc(C(C)=O)cc3)CC2)(c2ccccc2F)C1=O. The Hall–Kier alpha value is -3.59. The smallest absolute Gasteiger partial charge is 0.241 e. The van der Waals surface area contributed by atoms with Gasteiger partial charge >= 0.3 is 0 Å². The van der Waals surface area contributed by atoms with E-state index in [1.54, 1.807) is 23.1 Å². The lowest BCUT2D eigenvalue weighted by molar-refractivity contribution is -0.143. The minimum Gasteiger partial charge on any atom is -0.383 e. The quantitative estimate of drug-likeness (QED) is 0.413. The Bertz CT molecular complexity index is 1160. The van der Waals surface area contributed by atoms with Gasteiger partial charge in [-0.05, 0) is 37.3 Å². The number of amides is 3. The average Bonchev–Trinajstić information content (AvgIpc) is 3.12. The van der Waals surface area contributed by atoms with Gasteiger partial charge in [-0.2, -0.15) is 0 Å². The molecule has 2 fully saturated rings. The molecule has 0 aliphatic carbocycles. The summed E-state index contributed by atoms with van der Waals surface area (Å²) < 4.78 is 19.9. The van der Waals surface area contributed by atoms with Gasteiger partial charge in [-0.25, -0.2) is 4.39 Å². The number of imide groups is 1. The summed E-state index contributed by atoms with van der Waals surface area (Å²) in [6, 6.07) is 13.2. The van der Waals surface area contributed by atoms with Gasteiger partial charge in [0, 0.05) is 62.9 Å². The summed E-state index contributed by atoms with van der Waals surface area (Å²) >= 11 is 0. The Balaban J connectivity index is 1.50. The molecule has 0 aromatic heterocycles. The van der Waals surface area contributed by atoms with E-state index in [0.717, 1.165) is 10.6 Å². The Kier molecular flexibility index (Phi) is 7.49. The second-order valence-corrected chi connectivity index (χ2v) is 9.23. The molecule has 8 nitrogen and oxygen atoms in total. The number of piperazine rings is 1. The largest absolute Gasteiger partial charge is 0.383 e. The van der Waals surface area contributed by atoms with Crippen LogP contribution < -0.4 is 4.90 Å². The van der Waals surface area contributed by atoms with E-state index in [0.29, 0.717) is 31.7 Å². The number of benzene rings is 2. The van der Waals surface area contributed by atoms with Crippen molar-refractivity contribution in [2.45, 2.75) is 25.2 Å². The lowest BCUT2D eigenvalue weighted by Gasteiger charge is -2.38. The van der Waals surface area contributed by atoms with Gasteiger partial charge < -0.3 is 14.5 Å². The average molecular weight is 496 g/mol. The molecule has 3 amide bonds. The van der Waals surface area contributed by atoms with Crippen LogP contribution in [0.2, 0.25) is 0 Å². The van der Waals surface area contributed by atoms with Gasteiger partial charge in [-0.3, -0.25) is 24.1 Å². The normalized spacial score (nSPS) is 20.2. The lowest BCUT2D eigenvalue weighted by atomic mass is 9.75. The number of ketones is 1. The number of anilines is 1. The third kappa shape index (κ3) is 4.88. The van der Waals surface area contributed by atoms with Crippen LogP contribution in [0, 0.1) is 5.82 Å². The number of nitrogens with zero attached hydrogens (tertiary/aromatic N) is 3. The molecule has 1 atom stereocenters. The summed E-state index contributed by atoms with van der Waals surface area (Å²) in [5.41, 5.74) is 0.0924. The lowest BCUT2D eigenvalue weighted by Crippen LogP contribution is -2.51. The van der Waals surface area contributed by atoms with Crippen molar-refractivity contribution in [2.75, 3.05) is 51.3 Å². The van der Waals surface area contributed by atoms with Gasteiger partial charge in [0.05, 0.1) is 18.6 Å². The van der Waals surface area contributed by atoms with Gasteiger partial charge in [-0.15, -0.1) is 0 Å². The van der Waals surface area contributed by atoms with E-state index in [1.165, 1.54) is 32.2 Å². The zero-order chi connectivity index (χ0) is 25.9. The second kappa shape index (κ2) is 10.6. The standard InChI is InChI=1S/C27H30FN3O5/c1-19(32)20-7-9-21(10-8-20)29-11-13-30(14-12-29)24(33)17-27(22-5-3-4-6-23(22)28)18-25(34)31(26(27)35)15-16-36-2/h3-10H,11-18H2,1-2H3. The number of likely N-dealkylation sites (tertiary alicyclic amines) is 1. The summed E-state index contributed by atoms with van der Waals surface area (Å²) in [4.78, 5) is 56.1. The fourth-order valence-corrected chi connectivity index (χ4v) is 4.99. The third-order valence-corrected chi connectivity index (χ3v) is 7.04. The highest BCUT2D eigenvalue weighted by molar-refractivity contribution is 6.10. The summed E-state index contributed by atoms with van der Waals surface area (Å²) in [5, 5.41) is 0. The second-order valence-electron chi connectivity index (χ2n) is 9.23. The minimum atomic E-state index is -1.58. The Morgan fingerprint density at radius 3 is 2.28 bits per heavy atom. The number of halogens is 1. The van der Waals surface area contributed by atoms with Crippen molar-refractivity contribution in [3.05, 3.63) is 65.5 Å². The monoisotopic (exact) mass is 495 g/mol. The van der Waals surface area contributed by atoms with E-state index in [9.17, 15) is 23.6 Å². The number of hydrogen-bond donors (Lipinski definition) is 0. The molecule has 190 valence electrons. The van der Waals surface area contributed by atoms with Crippen molar-refractivity contribution >= 4 is 29.2 Å². The molecular weight excluding hydrogens is 465 g/mol. The molecule has 2 aromatic carbocycles. The molecular formula is C27H30FN3O5. The van der Waals surface area contributed by atoms with Crippen LogP contribution in [0.3, 0.4) is 0 Å². The highest BCUT2D eigenvalue weighted by atomic mass is 19.1. The molecule has 9 heteroatoms. The van der Waals surface area contributed by atoms with E-state index in [4.69, 9.17) is 4.74 Å². The molecule has 2 aliphatic rings. The van der Waals surface area contributed by atoms with Crippen LogP contribution in [0.1, 0.15) is 35.7 Å². The topological polar surface area (TPSA) is 87.2 Å². The third-order valence-electron chi connectivity index (χ3n) is 7.04. The van der Waals surface area contributed by atoms with E-state index < -0.39 is 23.0 Å². The number of carbonyl (C=O) groups is 4. The molecule has 1 unspecified atom stereocenters. The zero-order valence-corrected chi connectivity index (χ0v) is 20.5. The highest BCUT2D eigenvalue weighted by Gasteiger charge is 2.55. The van der Waals surface area contributed by atoms with E-state index >= 15 is 0 Å². The maximum absolute atomic E-state index is 14.9. The van der Waals surface area contributed by atoms with Gasteiger partial charge in [0.2, 0.25) is 17.7 Å². The van der Waals surface area contributed by atoms with Crippen LogP contribution in [0.5, 0.6) is 0 Å². The number of Topliss-reactive ketones (excluding diaryl/α,β-unsaturated/α-hetero) is 1. The van der Waals surface area contributed by atoms with Crippen LogP contribution in [-0.2, 0) is 24.5 Å². The molecule has 2 saturated heterocycles. The number of ether oxygens (including phenoxy) is 1. The van der Waals surface area contributed by atoms with Gasteiger partial charge in [0.25, 0.3) is 0 Å². The van der Waals surface area contributed by atoms with Gasteiger partial charge in [0.1, 0.15) is 5.82 Å². The Morgan fingerprint density at radius 2 is 1.67 bits per heavy atom. The fraction of sp³-hybridized carbons (Fsp3) is 0.407. The molecule has 2 aliphatic heterocycles. The van der Waals surface area contributed by atoms with Crippen molar-refractivity contribution in [1.29, 1.82) is 0 Å². The first-order valence-corrected chi connectivity index (χ1v) is 12.0. The Labute approximate surface area is 209 Å². The molecule has 0 radical (unpaired) electrons. The molecule has 0 saturated carbocycles. The molecule has 2 aromatic rings. The maximum Gasteiger partial charge on any atom is 0.241 e. The van der Waals surface area contributed by atoms with Crippen molar-refractivity contribution in [3.63, 3.8) is 0 Å². The zero-order valence-electron chi connectivity index (χ0n) is 20.5. The molecule has 0 spiro atoms. The number of rotatable bonds is 8. The van der Waals surface area contributed by atoms with Gasteiger partial charge in [0.15, 0.2) is 5.78 Å². The van der Waals surface area contributed by atoms with Crippen LogP contribution >= 0.6 is 0 Å². The predicted molar refractivity (Wildman–Crippen MR) is 131 cm³/mol. The van der Waals surface area contributed by atoms with E-state index in [-0.39, 0.29) is 43.2 Å². The van der Waals surface area contributed by atoms with Crippen LogP contribution in [0.4, 0.5) is 10.1 Å². The number of hydrogen-bond acceptors (Lipinski definition) is 6. The first-order chi connectivity index (χ1) is 17.3. The molecule has 2 heterocycles. The van der Waals surface area contributed by atoms with E-state index in [1.807, 2.05) is 12.1 Å². The summed E-state index contributed by atoms with van der Waals surface area (Å²) in [6.07, 6.45) is -0.542. The summed E-state index contributed by atoms with van der Waals surface area (Å²) in [6.45, 7) is 3.74. The van der Waals surface area contributed by atoms with Crippen molar-refractivity contribution in [2.24, 2.45) is 0 Å². The first kappa shape index (κ1) is 25.5. The van der Waals surface area contributed by atoms with E-state index in [2.05, 4.69) is 4.90 Å². The molecule has 0 N–H and O–H groups in total. The minimum absolute atomic E-state index is 0.00137. The maximum atomic E-state index is 14.9.